The van der Waals surface area contributed by atoms with Gasteiger partial charge in [-0.25, -0.2) is 0 Å². The summed E-state index contributed by atoms with van der Waals surface area (Å²) < 4.78 is 0. The van der Waals surface area contributed by atoms with Crippen LogP contribution in [0.5, 0.6) is 11.5 Å². The first kappa shape index (κ1) is 26.0. The van der Waals surface area contributed by atoms with Crippen molar-refractivity contribution in [2.45, 2.75) is 91.1 Å². The van der Waals surface area contributed by atoms with Gasteiger partial charge in [0.25, 0.3) is 0 Å². The molecule has 1 fully saturated rings. The van der Waals surface area contributed by atoms with Crippen molar-refractivity contribution in [1.82, 2.24) is 0 Å². The van der Waals surface area contributed by atoms with Crippen LogP contribution in [0.2, 0.25) is 0 Å². The summed E-state index contributed by atoms with van der Waals surface area (Å²) in [4.78, 5) is 9.57. The van der Waals surface area contributed by atoms with Gasteiger partial charge >= 0.3 is 0 Å². The third-order valence-corrected chi connectivity index (χ3v) is 6.72. The van der Waals surface area contributed by atoms with E-state index in [1.807, 2.05) is 24.6 Å². The molecule has 2 aromatic carbocycles. The van der Waals surface area contributed by atoms with Crippen LogP contribution in [0, 0.1) is 11.8 Å². The molecule has 1 aliphatic rings. The molecule has 1 aliphatic carbocycles. The van der Waals surface area contributed by atoms with Crippen molar-refractivity contribution in [3.8, 4) is 11.5 Å². The Morgan fingerprint density at radius 1 is 0.706 bits per heavy atom. The van der Waals surface area contributed by atoms with E-state index in [1.54, 1.807) is 12.1 Å². The van der Waals surface area contributed by atoms with Gasteiger partial charge in [-0.3, -0.25) is 9.98 Å². The minimum Gasteiger partial charge on any atom is -0.507 e. The highest BCUT2D eigenvalue weighted by atomic mass is 16.3. The maximum Gasteiger partial charge on any atom is 0.124 e. The van der Waals surface area contributed by atoms with Gasteiger partial charge in [0.1, 0.15) is 11.5 Å². The predicted molar refractivity (Wildman–Crippen MR) is 144 cm³/mol. The standard InChI is InChI=1S/C30H42N2O2/c1-21(2)5-7-23-9-15-29(33)25(17-23)19-31-27-11-13-28(14-12-27)32-20-26-18-24(8-6-22(3)4)10-16-30(26)34/h9-10,15-22,27-28,33-34H,5-8,11-14H2,1-4H3. The lowest BCUT2D eigenvalue weighted by molar-refractivity contribution is 0.399. The number of benzene rings is 2. The molecule has 0 atom stereocenters. The molecule has 184 valence electrons. The van der Waals surface area contributed by atoms with E-state index in [9.17, 15) is 10.2 Å². The zero-order valence-electron chi connectivity index (χ0n) is 21.4. The van der Waals surface area contributed by atoms with E-state index in [0.29, 0.717) is 23.3 Å². The smallest absolute Gasteiger partial charge is 0.124 e. The summed E-state index contributed by atoms with van der Waals surface area (Å²) in [6.07, 6.45) is 12.0. The highest BCUT2D eigenvalue weighted by Crippen LogP contribution is 2.26. The third-order valence-electron chi connectivity index (χ3n) is 6.72. The predicted octanol–water partition coefficient (Wildman–Crippen LogP) is 7.12. The Hall–Kier alpha value is -2.62. The summed E-state index contributed by atoms with van der Waals surface area (Å²) in [6, 6.07) is 12.3. The van der Waals surface area contributed by atoms with Crippen molar-refractivity contribution in [3.05, 3.63) is 58.7 Å². The van der Waals surface area contributed by atoms with Crippen LogP contribution >= 0.6 is 0 Å². The molecular formula is C30H42N2O2. The van der Waals surface area contributed by atoms with E-state index in [0.717, 1.165) is 62.5 Å². The first-order valence-electron chi connectivity index (χ1n) is 13.0. The monoisotopic (exact) mass is 462 g/mol. The fraction of sp³-hybridized carbons (Fsp3) is 0.533. The lowest BCUT2D eigenvalue weighted by Gasteiger charge is -2.23. The average molecular weight is 463 g/mol. The van der Waals surface area contributed by atoms with E-state index >= 15 is 0 Å². The second kappa shape index (κ2) is 12.7. The first-order valence-corrected chi connectivity index (χ1v) is 13.0. The van der Waals surface area contributed by atoms with Crippen molar-refractivity contribution >= 4 is 12.4 Å². The minimum absolute atomic E-state index is 0.276. The summed E-state index contributed by atoms with van der Waals surface area (Å²) in [5.41, 5.74) is 4.13. The summed E-state index contributed by atoms with van der Waals surface area (Å²) in [6.45, 7) is 8.93. The van der Waals surface area contributed by atoms with Crippen molar-refractivity contribution in [2.75, 3.05) is 0 Å². The van der Waals surface area contributed by atoms with E-state index < -0.39 is 0 Å². The van der Waals surface area contributed by atoms with E-state index in [1.165, 1.54) is 11.1 Å². The highest BCUT2D eigenvalue weighted by molar-refractivity contribution is 5.84. The van der Waals surface area contributed by atoms with Crippen LogP contribution in [0.3, 0.4) is 0 Å². The van der Waals surface area contributed by atoms with Crippen LogP contribution < -0.4 is 0 Å². The maximum absolute atomic E-state index is 10.2. The van der Waals surface area contributed by atoms with Crippen molar-refractivity contribution in [3.63, 3.8) is 0 Å². The Kier molecular flexibility index (Phi) is 9.74. The van der Waals surface area contributed by atoms with Gasteiger partial charge in [-0.1, -0.05) is 39.8 Å². The number of hydrogen-bond acceptors (Lipinski definition) is 4. The molecule has 0 amide bonds. The molecule has 4 nitrogen and oxygen atoms in total. The Morgan fingerprint density at radius 2 is 1.09 bits per heavy atom. The molecule has 2 aromatic rings. The fourth-order valence-electron chi connectivity index (χ4n) is 4.36. The van der Waals surface area contributed by atoms with Gasteiger partial charge in [0.15, 0.2) is 0 Å². The van der Waals surface area contributed by atoms with Gasteiger partial charge in [-0.05, 0) is 98.6 Å². The molecule has 0 bridgehead atoms. The average Bonchev–Trinajstić information content (AvgIpc) is 2.82. The number of hydrogen-bond donors (Lipinski definition) is 2. The van der Waals surface area contributed by atoms with Crippen LogP contribution in [0.4, 0.5) is 0 Å². The molecule has 3 rings (SSSR count). The molecule has 1 saturated carbocycles. The van der Waals surface area contributed by atoms with Gasteiger partial charge in [-0.2, -0.15) is 0 Å². The normalized spacial score (nSPS) is 19.1. The number of phenolic OH excluding ortho intramolecular Hbond substituents is 2. The Morgan fingerprint density at radius 3 is 1.44 bits per heavy atom. The molecule has 0 aromatic heterocycles. The molecule has 0 saturated heterocycles. The number of nitrogens with zero attached hydrogens (tertiary/aromatic N) is 2. The Balaban J connectivity index is 1.53. The first-order chi connectivity index (χ1) is 16.3. The summed E-state index contributed by atoms with van der Waals surface area (Å²) >= 11 is 0. The number of rotatable bonds is 10. The van der Waals surface area contributed by atoms with Crippen molar-refractivity contribution < 1.29 is 10.2 Å². The Labute approximate surface area is 205 Å². The zero-order valence-corrected chi connectivity index (χ0v) is 21.4. The molecule has 0 unspecified atom stereocenters. The third kappa shape index (κ3) is 8.30. The fourth-order valence-corrected chi connectivity index (χ4v) is 4.36. The van der Waals surface area contributed by atoms with Gasteiger partial charge in [-0.15, -0.1) is 0 Å². The second-order valence-electron chi connectivity index (χ2n) is 10.7. The second-order valence-corrected chi connectivity index (χ2v) is 10.7. The van der Waals surface area contributed by atoms with Gasteiger partial charge in [0.05, 0.1) is 12.1 Å². The van der Waals surface area contributed by atoms with Crippen molar-refractivity contribution in [1.29, 1.82) is 0 Å². The van der Waals surface area contributed by atoms with Crippen LogP contribution in [-0.4, -0.2) is 34.7 Å². The zero-order chi connectivity index (χ0) is 24.5. The summed E-state index contributed by atoms with van der Waals surface area (Å²) in [7, 11) is 0. The van der Waals surface area contributed by atoms with Gasteiger partial charge < -0.3 is 10.2 Å². The van der Waals surface area contributed by atoms with Crippen LogP contribution in [0.1, 0.15) is 88.5 Å². The molecular weight excluding hydrogens is 420 g/mol. The van der Waals surface area contributed by atoms with E-state index in [2.05, 4.69) is 39.8 Å². The lowest BCUT2D eigenvalue weighted by atomic mass is 9.92. The minimum atomic E-state index is 0.276. The summed E-state index contributed by atoms with van der Waals surface area (Å²) in [5, 5.41) is 20.5. The van der Waals surface area contributed by atoms with Crippen molar-refractivity contribution in [2.24, 2.45) is 21.8 Å². The van der Waals surface area contributed by atoms with Crippen LogP contribution in [-0.2, 0) is 12.8 Å². The topological polar surface area (TPSA) is 65.2 Å². The molecule has 0 aliphatic heterocycles. The summed E-state index contributed by atoms with van der Waals surface area (Å²) in [5.74, 6) is 1.93. The van der Waals surface area contributed by atoms with E-state index in [-0.39, 0.29) is 12.1 Å². The van der Waals surface area contributed by atoms with Gasteiger partial charge in [0.2, 0.25) is 0 Å². The number of aryl methyl sites for hydroxylation is 2. The molecule has 0 spiro atoms. The maximum atomic E-state index is 10.2. The molecule has 2 N–H and O–H groups in total. The number of phenols is 2. The number of aromatic hydroxyl groups is 2. The SMILES string of the molecule is CC(C)CCc1ccc(O)c(C=NC2CCC(N=Cc3cc(CCC(C)C)ccc3O)CC2)c1. The molecule has 34 heavy (non-hydrogen) atoms. The van der Waals surface area contributed by atoms with E-state index in [4.69, 9.17) is 9.98 Å². The highest BCUT2D eigenvalue weighted by Gasteiger charge is 2.19. The number of aliphatic imine (C=N–C) groups is 2. The molecule has 0 heterocycles. The lowest BCUT2D eigenvalue weighted by Crippen LogP contribution is -2.20. The Bertz CT molecular complexity index is 890. The van der Waals surface area contributed by atoms with Crippen LogP contribution in [0.15, 0.2) is 46.4 Å². The quantitative estimate of drug-likeness (QED) is 0.369. The van der Waals surface area contributed by atoms with Crippen LogP contribution in [0.25, 0.3) is 0 Å². The largest absolute Gasteiger partial charge is 0.507 e. The van der Waals surface area contributed by atoms with Gasteiger partial charge in [0, 0.05) is 23.6 Å². The molecule has 0 radical (unpaired) electrons. The molecule has 4 heteroatoms.